The Bertz CT molecular complexity index is 3230. The van der Waals surface area contributed by atoms with Crippen molar-refractivity contribution in [2.45, 2.75) is 52.4 Å². The van der Waals surface area contributed by atoms with Crippen LogP contribution < -0.4 is 61.5 Å². The van der Waals surface area contributed by atoms with Gasteiger partial charge in [-0.15, -0.1) is 0 Å². The SMILES string of the molecule is CC(C)(C)c1cc2c3c(c1)Oc1cccc4c1B3c1cc3c(cc1O2)Oc1cc(C(C)(C)C)cc2c1B3c1c(cc(N(c3ccccc3)c3ccccc3)cc1N2c1ccccc1)O4. The first kappa shape index (κ1) is 37.3. The average Bonchev–Trinajstić information content (AvgIpc) is 3.28. The molecule has 2 bridgehead atoms. The molecule has 8 aromatic rings. The van der Waals surface area contributed by atoms with Crippen LogP contribution in [0.5, 0.6) is 46.0 Å². The minimum atomic E-state index is -0.234. The predicted octanol–water partition coefficient (Wildman–Crippen LogP) is 11.0. The standard InChI is InChI=1S/C56H44B2N2O4/c1-55(2,3)33-25-41-51-47(26-33)63-45-32-46-40-31-39(45)57(51)52-42(60(41)37-21-14-9-15-22-37)29-38(59(35-17-10-7-11-18-35)36-19-12-8-13-20-36)30-50(52)62-44-24-16-23-43-53(44)58(40)54-48(61-43)27-34(56(4,5)6)28-49(54)64-46/h7-32H,1-6H3. The normalized spacial score (nSPS) is 14.2. The largest absolute Gasteiger partial charge is 0.458 e. The smallest absolute Gasteiger partial charge is 0.265 e. The summed E-state index contributed by atoms with van der Waals surface area (Å²) in [7, 11) is 0. The van der Waals surface area contributed by atoms with Gasteiger partial charge in [-0.3, -0.25) is 0 Å². The highest BCUT2D eigenvalue weighted by Crippen LogP contribution is 2.49. The van der Waals surface area contributed by atoms with E-state index >= 15 is 0 Å². The Morgan fingerprint density at radius 1 is 0.375 bits per heavy atom. The Labute approximate surface area is 374 Å². The van der Waals surface area contributed by atoms with Crippen LogP contribution >= 0.6 is 0 Å². The number of anilines is 6. The molecule has 8 aromatic carbocycles. The molecule has 0 amide bonds. The summed E-state index contributed by atoms with van der Waals surface area (Å²) in [5.74, 6) is 6.32. The first-order valence-corrected chi connectivity index (χ1v) is 22.3. The van der Waals surface area contributed by atoms with E-state index in [1.54, 1.807) is 0 Å². The van der Waals surface area contributed by atoms with Gasteiger partial charge in [-0.25, -0.2) is 0 Å². The van der Waals surface area contributed by atoms with E-state index in [0.717, 1.165) is 118 Å². The highest BCUT2D eigenvalue weighted by molar-refractivity contribution is 7.02. The molecule has 5 aliphatic rings. The number of rotatable bonds is 4. The number of para-hydroxylation sites is 3. The Hall–Kier alpha value is -7.31. The molecule has 0 unspecified atom stereocenters. The number of nitrogens with zero attached hydrogens (tertiary/aromatic N) is 2. The molecule has 0 N–H and O–H groups in total. The second-order valence-electron chi connectivity index (χ2n) is 19.7. The summed E-state index contributed by atoms with van der Waals surface area (Å²) in [5.41, 5.74) is 14.6. The van der Waals surface area contributed by atoms with Gasteiger partial charge < -0.3 is 28.7 Å². The fraction of sp³-hybridized carbons (Fsp3) is 0.143. The quantitative estimate of drug-likeness (QED) is 0.165. The molecule has 0 aromatic heterocycles. The molecule has 0 spiro atoms. The van der Waals surface area contributed by atoms with E-state index in [1.165, 1.54) is 5.56 Å². The lowest BCUT2D eigenvalue weighted by atomic mass is 9.30. The molecule has 0 saturated heterocycles. The van der Waals surface area contributed by atoms with Crippen molar-refractivity contribution in [1.82, 2.24) is 0 Å². The second-order valence-corrected chi connectivity index (χ2v) is 19.7. The van der Waals surface area contributed by atoms with E-state index < -0.39 is 0 Å². The lowest BCUT2D eigenvalue weighted by Crippen LogP contribution is -2.63. The van der Waals surface area contributed by atoms with Crippen LogP contribution in [0, 0.1) is 0 Å². The van der Waals surface area contributed by atoms with E-state index in [1.807, 2.05) is 0 Å². The molecule has 8 heteroatoms. The van der Waals surface area contributed by atoms with Gasteiger partial charge >= 0.3 is 0 Å². The van der Waals surface area contributed by atoms with Crippen molar-refractivity contribution in [3.05, 3.63) is 169 Å². The Morgan fingerprint density at radius 3 is 1.36 bits per heavy atom. The summed E-state index contributed by atoms with van der Waals surface area (Å²) in [6, 6.07) is 56.3. The molecule has 13 rings (SSSR count). The van der Waals surface area contributed by atoms with E-state index in [9.17, 15) is 0 Å². The molecule has 5 heterocycles. The van der Waals surface area contributed by atoms with Crippen LogP contribution in [0.1, 0.15) is 52.7 Å². The molecule has 6 nitrogen and oxygen atoms in total. The molecular weight excluding hydrogens is 786 g/mol. The monoisotopic (exact) mass is 830 g/mol. The van der Waals surface area contributed by atoms with Crippen LogP contribution in [0.3, 0.4) is 0 Å². The molecule has 0 radical (unpaired) electrons. The maximum absolute atomic E-state index is 7.63. The topological polar surface area (TPSA) is 43.4 Å². The van der Waals surface area contributed by atoms with Crippen molar-refractivity contribution in [3.63, 3.8) is 0 Å². The molecule has 0 saturated carbocycles. The predicted molar refractivity (Wildman–Crippen MR) is 262 cm³/mol. The Morgan fingerprint density at radius 2 is 0.812 bits per heavy atom. The molecule has 64 heavy (non-hydrogen) atoms. The van der Waals surface area contributed by atoms with E-state index in [4.69, 9.17) is 18.9 Å². The molecule has 0 fully saturated rings. The summed E-state index contributed by atoms with van der Waals surface area (Å²) in [6.07, 6.45) is 0. The van der Waals surface area contributed by atoms with Crippen LogP contribution in [-0.4, -0.2) is 13.4 Å². The van der Waals surface area contributed by atoms with Gasteiger partial charge in [0.15, 0.2) is 0 Å². The number of hydrogen-bond donors (Lipinski definition) is 0. The highest BCUT2D eigenvalue weighted by Gasteiger charge is 2.49. The molecular formula is C56H44B2N2O4. The van der Waals surface area contributed by atoms with Crippen molar-refractivity contribution in [3.8, 4) is 46.0 Å². The number of benzene rings is 8. The van der Waals surface area contributed by atoms with Crippen molar-refractivity contribution >= 4 is 80.3 Å². The third-order valence-corrected chi connectivity index (χ3v) is 13.7. The van der Waals surface area contributed by atoms with Gasteiger partial charge in [0.2, 0.25) is 0 Å². The van der Waals surface area contributed by atoms with Gasteiger partial charge in [-0.05, 0) is 123 Å². The number of ether oxygens (including phenoxy) is 4. The summed E-state index contributed by atoms with van der Waals surface area (Å²) >= 11 is 0. The van der Waals surface area contributed by atoms with Gasteiger partial charge in [-0.1, -0.05) is 108 Å². The molecule has 0 aliphatic carbocycles. The van der Waals surface area contributed by atoms with Crippen LogP contribution in [0.4, 0.5) is 34.1 Å². The zero-order chi connectivity index (χ0) is 43.2. The van der Waals surface area contributed by atoms with Gasteiger partial charge in [0, 0.05) is 51.5 Å². The minimum absolute atomic E-state index is 0.133. The Kier molecular flexibility index (Phi) is 7.64. The lowest BCUT2D eigenvalue weighted by Gasteiger charge is -2.43. The fourth-order valence-corrected chi connectivity index (χ4v) is 10.6. The van der Waals surface area contributed by atoms with Crippen LogP contribution in [0.2, 0.25) is 0 Å². The van der Waals surface area contributed by atoms with E-state index in [0.29, 0.717) is 0 Å². The summed E-state index contributed by atoms with van der Waals surface area (Å²) in [5, 5.41) is 0. The zero-order valence-corrected chi connectivity index (χ0v) is 36.7. The summed E-state index contributed by atoms with van der Waals surface area (Å²) in [4.78, 5) is 4.75. The van der Waals surface area contributed by atoms with E-state index in [-0.39, 0.29) is 24.3 Å². The van der Waals surface area contributed by atoms with Crippen LogP contribution in [0.15, 0.2) is 158 Å². The first-order chi connectivity index (χ1) is 31.0. The number of hydrogen-bond acceptors (Lipinski definition) is 6. The maximum atomic E-state index is 7.63. The van der Waals surface area contributed by atoms with Gasteiger partial charge in [0.05, 0.1) is 5.69 Å². The summed E-state index contributed by atoms with van der Waals surface area (Å²) in [6.45, 7) is 13.1. The molecule has 5 aliphatic heterocycles. The first-order valence-electron chi connectivity index (χ1n) is 22.3. The van der Waals surface area contributed by atoms with Gasteiger partial charge in [0.1, 0.15) is 46.0 Å². The lowest BCUT2D eigenvalue weighted by molar-refractivity contribution is 0.446. The van der Waals surface area contributed by atoms with Crippen molar-refractivity contribution < 1.29 is 18.9 Å². The molecule has 308 valence electrons. The van der Waals surface area contributed by atoms with Crippen LogP contribution in [0.25, 0.3) is 0 Å². The van der Waals surface area contributed by atoms with Crippen molar-refractivity contribution in [2.24, 2.45) is 0 Å². The van der Waals surface area contributed by atoms with Crippen LogP contribution in [-0.2, 0) is 10.8 Å². The second kappa shape index (κ2) is 13.1. The highest BCUT2D eigenvalue weighted by atomic mass is 16.5. The van der Waals surface area contributed by atoms with Crippen molar-refractivity contribution in [1.29, 1.82) is 0 Å². The Balaban J connectivity index is 1.17. The average molecular weight is 831 g/mol. The minimum Gasteiger partial charge on any atom is -0.458 e. The van der Waals surface area contributed by atoms with E-state index in [2.05, 4.69) is 209 Å². The van der Waals surface area contributed by atoms with Crippen molar-refractivity contribution in [2.75, 3.05) is 9.80 Å². The van der Waals surface area contributed by atoms with Gasteiger partial charge in [-0.2, -0.15) is 0 Å². The summed E-state index contributed by atoms with van der Waals surface area (Å²) < 4.78 is 28.8. The fourth-order valence-electron chi connectivity index (χ4n) is 10.6. The van der Waals surface area contributed by atoms with Gasteiger partial charge in [0.25, 0.3) is 13.4 Å². The maximum Gasteiger partial charge on any atom is 0.265 e. The third-order valence-electron chi connectivity index (χ3n) is 13.7. The third kappa shape index (κ3) is 5.41. The zero-order valence-electron chi connectivity index (χ0n) is 36.7. The molecule has 0 atom stereocenters.